The van der Waals surface area contributed by atoms with Crippen LogP contribution in [0.2, 0.25) is 0 Å². The van der Waals surface area contributed by atoms with E-state index in [2.05, 4.69) is 41.9 Å². The monoisotopic (exact) mass is 222 g/mol. The van der Waals surface area contributed by atoms with Gasteiger partial charge in [0.05, 0.1) is 0 Å². The van der Waals surface area contributed by atoms with Crippen LogP contribution in [0.5, 0.6) is 0 Å². The molecule has 0 spiro atoms. The van der Waals surface area contributed by atoms with Crippen LogP contribution in [0, 0.1) is 5.41 Å². The van der Waals surface area contributed by atoms with Gasteiger partial charge in [0.15, 0.2) is 0 Å². The Morgan fingerprint density at radius 2 is 2.31 bits per heavy atom. The van der Waals surface area contributed by atoms with Gasteiger partial charge in [0.1, 0.15) is 0 Å². The first-order chi connectivity index (χ1) is 7.61. The third kappa shape index (κ3) is 2.66. The number of aryl methyl sites for hydroxylation is 1. The molecule has 1 atom stereocenters. The molecule has 3 heteroatoms. The lowest BCUT2D eigenvalue weighted by Crippen LogP contribution is -2.43. The summed E-state index contributed by atoms with van der Waals surface area (Å²) < 4.78 is 2.09. The van der Waals surface area contributed by atoms with Crippen molar-refractivity contribution in [3.05, 3.63) is 24.0 Å². The zero-order chi connectivity index (χ0) is 11.6. The van der Waals surface area contributed by atoms with Crippen LogP contribution in [0.1, 0.15) is 25.3 Å². The van der Waals surface area contributed by atoms with Gasteiger partial charge < -0.3 is 9.67 Å². The van der Waals surface area contributed by atoms with E-state index in [1.807, 2.05) is 0 Å². The van der Waals surface area contributed by atoms with Crippen LogP contribution in [0.4, 0.5) is 0 Å². The standard InChI is InChI=1S/C13H22N2O/c1-13(11-16)5-3-6-15(10-13)9-12-4-7-14(2)8-12/h4,7-8,16H,3,5-6,9-11H2,1-2H3. The fourth-order valence-electron chi connectivity index (χ4n) is 2.60. The topological polar surface area (TPSA) is 28.4 Å². The Kier molecular flexibility index (Phi) is 3.36. The molecule has 1 aromatic heterocycles. The molecule has 1 unspecified atom stereocenters. The summed E-state index contributed by atoms with van der Waals surface area (Å²) in [4.78, 5) is 2.45. The van der Waals surface area contributed by atoms with Gasteiger partial charge in [0, 0.05) is 44.6 Å². The highest BCUT2D eigenvalue weighted by atomic mass is 16.3. The van der Waals surface area contributed by atoms with Crippen molar-refractivity contribution in [2.75, 3.05) is 19.7 Å². The molecule has 0 aliphatic carbocycles. The Hall–Kier alpha value is -0.800. The van der Waals surface area contributed by atoms with Crippen LogP contribution >= 0.6 is 0 Å². The van der Waals surface area contributed by atoms with Gasteiger partial charge in [0.2, 0.25) is 0 Å². The number of hydrogen-bond acceptors (Lipinski definition) is 2. The molecule has 2 heterocycles. The number of aliphatic hydroxyl groups excluding tert-OH is 1. The lowest BCUT2D eigenvalue weighted by Gasteiger charge is -2.39. The van der Waals surface area contributed by atoms with Gasteiger partial charge in [-0.05, 0) is 31.0 Å². The smallest absolute Gasteiger partial charge is 0.0497 e. The molecule has 0 bridgehead atoms. The number of rotatable bonds is 3. The van der Waals surface area contributed by atoms with Crippen LogP contribution in [0.25, 0.3) is 0 Å². The molecule has 16 heavy (non-hydrogen) atoms. The maximum absolute atomic E-state index is 9.41. The number of aliphatic hydroxyl groups is 1. The fraction of sp³-hybridized carbons (Fsp3) is 0.692. The molecular formula is C13H22N2O. The van der Waals surface area contributed by atoms with Gasteiger partial charge in [-0.2, -0.15) is 0 Å². The van der Waals surface area contributed by atoms with E-state index >= 15 is 0 Å². The van der Waals surface area contributed by atoms with Gasteiger partial charge in [0.25, 0.3) is 0 Å². The maximum atomic E-state index is 9.41. The summed E-state index contributed by atoms with van der Waals surface area (Å²) in [6, 6.07) is 2.17. The van der Waals surface area contributed by atoms with Crippen LogP contribution < -0.4 is 0 Å². The third-order valence-corrected chi connectivity index (χ3v) is 3.54. The lowest BCUT2D eigenvalue weighted by atomic mass is 9.83. The molecular weight excluding hydrogens is 200 g/mol. The summed E-state index contributed by atoms with van der Waals surface area (Å²) in [5, 5.41) is 9.41. The second kappa shape index (κ2) is 4.60. The van der Waals surface area contributed by atoms with Crippen LogP contribution in [0.15, 0.2) is 18.5 Å². The van der Waals surface area contributed by atoms with Crippen LogP contribution in [-0.2, 0) is 13.6 Å². The number of piperidine rings is 1. The van der Waals surface area contributed by atoms with E-state index in [4.69, 9.17) is 0 Å². The molecule has 0 amide bonds. The number of hydrogen-bond donors (Lipinski definition) is 1. The number of nitrogens with zero attached hydrogens (tertiary/aromatic N) is 2. The molecule has 1 saturated heterocycles. The maximum Gasteiger partial charge on any atom is 0.0497 e. The Balaban J connectivity index is 1.95. The number of likely N-dealkylation sites (tertiary alicyclic amines) is 1. The molecule has 1 aromatic rings. The summed E-state index contributed by atoms with van der Waals surface area (Å²) >= 11 is 0. The first-order valence-electron chi connectivity index (χ1n) is 6.05. The van der Waals surface area contributed by atoms with E-state index < -0.39 is 0 Å². The Morgan fingerprint density at radius 3 is 2.94 bits per heavy atom. The van der Waals surface area contributed by atoms with Crippen molar-refractivity contribution in [3.63, 3.8) is 0 Å². The Bertz CT molecular complexity index is 347. The third-order valence-electron chi connectivity index (χ3n) is 3.54. The summed E-state index contributed by atoms with van der Waals surface area (Å²) in [6.45, 7) is 5.67. The molecule has 1 aliphatic heterocycles. The van der Waals surface area contributed by atoms with E-state index in [0.717, 1.165) is 26.1 Å². The van der Waals surface area contributed by atoms with Crippen molar-refractivity contribution in [1.82, 2.24) is 9.47 Å². The Labute approximate surface area is 97.7 Å². The predicted molar refractivity (Wildman–Crippen MR) is 65.1 cm³/mol. The summed E-state index contributed by atoms with van der Waals surface area (Å²) in [6.07, 6.45) is 6.61. The van der Waals surface area contributed by atoms with E-state index in [0.29, 0.717) is 6.61 Å². The average Bonchev–Trinajstić information content (AvgIpc) is 2.64. The van der Waals surface area contributed by atoms with E-state index in [1.54, 1.807) is 0 Å². The molecule has 0 saturated carbocycles. The van der Waals surface area contributed by atoms with Gasteiger partial charge in [-0.15, -0.1) is 0 Å². The minimum atomic E-state index is 0.104. The van der Waals surface area contributed by atoms with E-state index in [1.165, 1.54) is 12.0 Å². The van der Waals surface area contributed by atoms with Crippen molar-refractivity contribution < 1.29 is 5.11 Å². The molecule has 90 valence electrons. The van der Waals surface area contributed by atoms with Crippen molar-refractivity contribution in [2.45, 2.75) is 26.3 Å². The minimum absolute atomic E-state index is 0.104. The predicted octanol–water partition coefficient (Wildman–Crippen LogP) is 1.62. The molecule has 0 aromatic carbocycles. The van der Waals surface area contributed by atoms with Crippen molar-refractivity contribution in [3.8, 4) is 0 Å². The van der Waals surface area contributed by atoms with E-state index in [-0.39, 0.29) is 5.41 Å². The average molecular weight is 222 g/mol. The summed E-state index contributed by atoms with van der Waals surface area (Å²) in [5.41, 5.74) is 1.47. The first-order valence-corrected chi connectivity index (χ1v) is 6.05. The highest BCUT2D eigenvalue weighted by Gasteiger charge is 2.30. The zero-order valence-electron chi connectivity index (χ0n) is 10.3. The van der Waals surface area contributed by atoms with E-state index in [9.17, 15) is 5.11 Å². The van der Waals surface area contributed by atoms with Crippen molar-refractivity contribution in [1.29, 1.82) is 0 Å². The lowest BCUT2D eigenvalue weighted by molar-refractivity contribution is 0.0429. The zero-order valence-corrected chi connectivity index (χ0v) is 10.3. The molecule has 2 rings (SSSR count). The second-order valence-corrected chi connectivity index (χ2v) is 5.47. The SMILES string of the molecule is Cn1ccc(CN2CCCC(C)(CO)C2)c1. The molecule has 1 aliphatic rings. The summed E-state index contributed by atoms with van der Waals surface area (Å²) in [7, 11) is 2.05. The highest BCUT2D eigenvalue weighted by Crippen LogP contribution is 2.29. The molecule has 1 N–H and O–H groups in total. The molecule has 0 radical (unpaired) electrons. The van der Waals surface area contributed by atoms with Gasteiger partial charge >= 0.3 is 0 Å². The minimum Gasteiger partial charge on any atom is -0.396 e. The number of aromatic nitrogens is 1. The quantitative estimate of drug-likeness (QED) is 0.842. The molecule has 1 fully saturated rings. The molecule has 3 nitrogen and oxygen atoms in total. The summed E-state index contributed by atoms with van der Waals surface area (Å²) in [5.74, 6) is 0. The second-order valence-electron chi connectivity index (χ2n) is 5.47. The van der Waals surface area contributed by atoms with Gasteiger partial charge in [-0.1, -0.05) is 6.92 Å². The van der Waals surface area contributed by atoms with Crippen molar-refractivity contribution in [2.24, 2.45) is 12.5 Å². The van der Waals surface area contributed by atoms with Crippen LogP contribution in [-0.4, -0.2) is 34.3 Å². The largest absolute Gasteiger partial charge is 0.396 e. The van der Waals surface area contributed by atoms with Crippen LogP contribution in [0.3, 0.4) is 0 Å². The Morgan fingerprint density at radius 1 is 1.50 bits per heavy atom. The fourth-order valence-corrected chi connectivity index (χ4v) is 2.60. The van der Waals surface area contributed by atoms with Gasteiger partial charge in [-0.3, -0.25) is 4.90 Å². The van der Waals surface area contributed by atoms with Crippen molar-refractivity contribution >= 4 is 0 Å². The highest BCUT2D eigenvalue weighted by molar-refractivity contribution is 5.10. The first kappa shape index (κ1) is 11.7. The van der Waals surface area contributed by atoms with Gasteiger partial charge in [-0.25, -0.2) is 0 Å². The normalized spacial score (nSPS) is 27.2.